The Morgan fingerprint density at radius 3 is 2.56 bits per heavy atom. The number of benzene rings is 2. The number of hydrogen-bond acceptors (Lipinski definition) is 4. The van der Waals surface area contributed by atoms with Gasteiger partial charge in [-0.1, -0.05) is 74.3 Å². The Kier molecular flexibility index (Phi) is 6.08. The molecule has 0 bridgehead atoms. The van der Waals surface area contributed by atoms with E-state index < -0.39 is 0 Å². The van der Waals surface area contributed by atoms with E-state index in [-0.39, 0.29) is 0 Å². The van der Waals surface area contributed by atoms with Crippen LogP contribution < -0.4 is 0 Å². The molecule has 3 nitrogen and oxygen atoms in total. The van der Waals surface area contributed by atoms with Gasteiger partial charge in [0, 0.05) is 11.1 Å². The lowest BCUT2D eigenvalue weighted by atomic mass is 9.89. The molecule has 0 saturated heterocycles. The third-order valence-electron chi connectivity index (χ3n) is 4.61. The van der Waals surface area contributed by atoms with E-state index in [4.69, 9.17) is 7.85 Å². The average Bonchev–Trinajstić information content (AvgIpc) is 3.17. The fourth-order valence-electron chi connectivity index (χ4n) is 3.32. The highest BCUT2D eigenvalue weighted by Crippen LogP contribution is 2.34. The first-order chi connectivity index (χ1) is 13.1. The molecular weight excluding hydrogens is 349 g/mol. The van der Waals surface area contributed by atoms with Gasteiger partial charge in [0.15, 0.2) is 0 Å². The first kappa shape index (κ1) is 19.3. The van der Waals surface area contributed by atoms with Gasteiger partial charge in [0.25, 0.3) is 0 Å². The molecule has 0 unspecified atom stereocenters. The SMILES string of the molecule is [B]Cc1cccc(-c2nnc(-c3ccc(CC(C)C)c(C#N)c3)s2)c1CC. The molecule has 0 saturated carbocycles. The van der Waals surface area contributed by atoms with Crippen LogP contribution in [0.5, 0.6) is 0 Å². The van der Waals surface area contributed by atoms with Crippen LogP contribution in [0.15, 0.2) is 36.4 Å². The molecule has 1 aromatic heterocycles. The molecule has 1 heterocycles. The number of nitriles is 1. The summed E-state index contributed by atoms with van der Waals surface area (Å²) in [6, 6.07) is 14.5. The van der Waals surface area contributed by atoms with Crippen molar-refractivity contribution in [2.45, 2.75) is 39.9 Å². The second-order valence-corrected chi connectivity index (χ2v) is 7.97. The summed E-state index contributed by atoms with van der Waals surface area (Å²) in [4.78, 5) is 0. The van der Waals surface area contributed by atoms with Crippen molar-refractivity contribution >= 4 is 19.2 Å². The summed E-state index contributed by atoms with van der Waals surface area (Å²) in [5, 5.41) is 20.0. The van der Waals surface area contributed by atoms with Crippen molar-refractivity contribution in [2.24, 2.45) is 5.92 Å². The topological polar surface area (TPSA) is 49.6 Å². The molecule has 3 rings (SSSR count). The Bertz CT molecular complexity index is 985. The first-order valence-electron chi connectivity index (χ1n) is 9.25. The highest BCUT2D eigenvalue weighted by molar-refractivity contribution is 7.17. The molecule has 0 aliphatic rings. The van der Waals surface area contributed by atoms with E-state index in [0.717, 1.165) is 50.7 Å². The fourth-order valence-corrected chi connectivity index (χ4v) is 4.22. The third kappa shape index (κ3) is 4.12. The molecule has 5 heteroatoms. The molecule has 2 aromatic carbocycles. The summed E-state index contributed by atoms with van der Waals surface area (Å²) in [6.45, 7) is 6.45. The normalized spacial score (nSPS) is 10.9. The summed E-state index contributed by atoms with van der Waals surface area (Å²) < 4.78 is 0. The fraction of sp³-hybridized carbons (Fsp3) is 0.318. The lowest BCUT2D eigenvalue weighted by Crippen LogP contribution is -1.97. The van der Waals surface area contributed by atoms with Crippen molar-refractivity contribution in [3.05, 3.63) is 58.7 Å². The lowest BCUT2D eigenvalue weighted by Gasteiger charge is -2.10. The molecule has 0 aliphatic carbocycles. The third-order valence-corrected chi connectivity index (χ3v) is 5.61. The Morgan fingerprint density at radius 1 is 1.11 bits per heavy atom. The van der Waals surface area contributed by atoms with Crippen LogP contribution in [0, 0.1) is 17.2 Å². The van der Waals surface area contributed by atoms with E-state index in [1.165, 1.54) is 5.56 Å². The smallest absolute Gasteiger partial charge is 0.148 e. The minimum Gasteiger partial charge on any atom is -0.192 e. The van der Waals surface area contributed by atoms with Crippen LogP contribution in [0.1, 0.15) is 43.0 Å². The van der Waals surface area contributed by atoms with E-state index in [2.05, 4.69) is 49.2 Å². The van der Waals surface area contributed by atoms with Crippen LogP contribution in [-0.4, -0.2) is 18.0 Å². The quantitative estimate of drug-likeness (QED) is 0.562. The van der Waals surface area contributed by atoms with Crippen LogP contribution >= 0.6 is 11.3 Å². The summed E-state index contributed by atoms with van der Waals surface area (Å²) in [5.74, 6) is 0.512. The van der Waals surface area contributed by atoms with Gasteiger partial charge in [-0.05, 0) is 36.0 Å². The zero-order valence-electron chi connectivity index (χ0n) is 16.0. The van der Waals surface area contributed by atoms with E-state index in [9.17, 15) is 5.26 Å². The maximum absolute atomic E-state index is 9.52. The summed E-state index contributed by atoms with van der Waals surface area (Å²) >= 11 is 1.55. The Labute approximate surface area is 166 Å². The highest BCUT2D eigenvalue weighted by Gasteiger charge is 2.15. The molecule has 0 amide bonds. The average molecular weight is 371 g/mol. The monoisotopic (exact) mass is 371 g/mol. The maximum atomic E-state index is 9.52. The van der Waals surface area contributed by atoms with Crippen molar-refractivity contribution in [1.29, 1.82) is 5.26 Å². The van der Waals surface area contributed by atoms with Gasteiger partial charge in [0.05, 0.1) is 19.5 Å². The van der Waals surface area contributed by atoms with Crippen LogP contribution in [0.4, 0.5) is 0 Å². The molecule has 0 aliphatic heterocycles. The van der Waals surface area contributed by atoms with Gasteiger partial charge in [0.2, 0.25) is 0 Å². The Hall–Kier alpha value is -2.45. The van der Waals surface area contributed by atoms with Gasteiger partial charge in [0.1, 0.15) is 10.0 Å². The molecule has 0 fully saturated rings. The van der Waals surface area contributed by atoms with Crippen molar-refractivity contribution in [2.75, 3.05) is 0 Å². The predicted molar refractivity (Wildman–Crippen MR) is 113 cm³/mol. The van der Waals surface area contributed by atoms with Crippen molar-refractivity contribution < 1.29 is 0 Å². The Balaban J connectivity index is 1.99. The maximum Gasteiger partial charge on any atom is 0.148 e. The summed E-state index contributed by atoms with van der Waals surface area (Å²) in [6.07, 6.45) is 2.32. The Morgan fingerprint density at radius 2 is 1.89 bits per heavy atom. The standard InChI is InChI=1S/C22H22BN3S/c1-4-19-17(12-23)6-5-7-20(19)22-26-25-21(27-22)16-9-8-15(10-14(2)3)18(11-16)13-24/h5-9,11,14H,4,10,12H2,1-3H3. The van der Waals surface area contributed by atoms with Crippen molar-refractivity contribution in [1.82, 2.24) is 10.2 Å². The number of aromatic nitrogens is 2. The minimum absolute atomic E-state index is 0.512. The van der Waals surface area contributed by atoms with Crippen LogP contribution in [-0.2, 0) is 19.2 Å². The van der Waals surface area contributed by atoms with E-state index in [0.29, 0.717) is 12.2 Å². The van der Waals surface area contributed by atoms with Crippen LogP contribution in [0.25, 0.3) is 21.1 Å². The second kappa shape index (κ2) is 8.50. The molecule has 0 atom stereocenters. The highest BCUT2D eigenvalue weighted by atomic mass is 32.1. The summed E-state index contributed by atoms with van der Waals surface area (Å²) in [7, 11) is 5.89. The second-order valence-electron chi connectivity index (χ2n) is 6.99. The lowest BCUT2D eigenvalue weighted by molar-refractivity contribution is 0.646. The van der Waals surface area contributed by atoms with Gasteiger partial charge in [-0.3, -0.25) is 0 Å². The minimum atomic E-state index is 0.512. The number of hydrogen-bond donors (Lipinski definition) is 0. The van der Waals surface area contributed by atoms with E-state index in [1.807, 2.05) is 24.3 Å². The number of nitrogens with zero attached hydrogens (tertiary/aromatic N) is 3. The zero-order chi connectivity index (χ0) is 19.4. The van der Waals surface area contributed by atoms with Crippen LogP contribution in [0.3, 0.4) is 0 Å². The molecule has 134 valence electrons. The van der Waals surface area contributed by atoms with Gasteiger partial charge in [-0.2, -0.15) is 5.26 Å². The first-order valence-corrected chi connectivity index (χ1v) is 10.1. The molecule has 3 aromatic rings. The van der Waals surface area contributed by atoms with E-state index in [1.54, 1.807) is 11.3 Å². The van der Waals surface area contributed by atoms with Gasteiger partial charge in [-0.25, -0.2) is 0 Å². The molecular formula is C22H22BN3S. The van der Waals surface area contributed by atoms with Crippen molar-refractivity contribution in [3.63, 3.8) is 0 Å². The van der Waals surface area contributed by atoms with Gasteiger partial charge < -0.3 is 0 Å². The molecule has 2 radical (unpaired) electrons. The largest absolute Gasteiger partial charge is 0.192 e. The molecule has 0 spiro atoms. The number of rotatable bonds is 6. The van der Waals surface area contributed by atoms with Gasteiger partial charge in [-0.15, -0.1) is 10.2 Å². The molecule has 0 N–H and O–H groups in total. The van der Waals surface area contributed by atoms with E-state index >= 15 is 0 Å². The zero-order valence-corrected chi connectivity index (χ0v) is 16.8. The van der Waals surface area contributed by atoms with Crippen molar-refractivity contribution in [3.8, 4) is 27.2 Å². The van der Waals surface area contributed by atoms with Gasteiger partial charge >= 0.3 is 0 Å². The predicted octanol–water partition coefficient (Wildman–Crippen LogP) is 5.17. The molecule has 27 heavy (non-hydrogen) atoms. The summed E-state index contributed by atoms with van der Waals surface area (Å²) in [5.41, 5.74) is 6.23. The van der Waals surface area contributed by atoms with Crippen LogP contribution in [0.2, 0.25) is 0 Å².